The molecule has 45 heavy (non-hydrogen) atoms. The van der Waals surface area contributed by atoms with Crippen molar-refractivity contribution in [1.82, 2.24) is 9.88 Å². The molecule has 12 nitrogen and oxygen atoms in total. The zero-order valence-electron chi connectivity index (χ0n) is 25.4. The van der Waals surface area contributed by atoms with E-state index in [0.29, 0.717) is 29.0 Å². The zero-order valence-corrected chi connectivity index (χ0v) is 25.4. The molecule has 2 atom stereocenters. The number of carbonyl (C=O) groups is 4. The van der Waals surface area contributed by atoms with Crippen molar-refractivity contribution in [2.45, 2.75) is 51.8 Å². The van der Waals surface area contributed by atoms with Crippen molar-refractivity contribution in [1.29, 1.82) is 5.26 Å². The van der Waals surface area contributed by atoms with Crippen LogP contribution in [0.5, 0.6) is 5.75 Å². The van der Waals surface area contributed by atoms with Crippen LogP contribution < -0.4 is 14.5 Å². The summed E-state index contributed by atoms with van der Waals surface area (Å²) >= 11 is 0. The number of aromatic nitrogens is 1. The predicted octanol–water partition coefficient (Wildman–Crippen LogP) is 4.54. The van der Waals surface area contributed by atoms with Gasteiger partial charge in [0.25, 0.3) is 0 Å². The van der Waals surface area contributed by atoms with Gasteiger partial charge in [-0.25, -0.2) is 24.3 Å². The lowest BCUT2D eigenvalue weighted by Crippen LogP contribution is -2.69. The van der Waals surface area contributed by atoms with Gasteiger partial charge in [-0.05, 0) is 92.8 Å². The van der Waals surface area contributed by atoms with Crippen LogP contribution in [0, 0.1) is 17.2 Å². The van der Waals surface area contributed by atoms with E-state index in [0.717, 1.165) is 16.0 Å². The van der Waals surface area contributed by atoms with Crippen molar-refractivity contribution in [3.05, 3.63) is 83.0 Å². The molecule has 0 spiro atoms. The van der Waals surface area contributed by atoms with Crippen LogP contribution >= 0.6 is 0 Å². The Bertz CT molecular complexity index is 1690. The second-order valence-electron chi connectivity index (χ2n) is 11.9. The van der Waals surface area contributed by atoms with Gasteiger partial charge in [0, 0.05) is 18.4 Å². The van der Waals surface area contributed by atoms with Gasteiger partial charge in [-0.1, -0.05) is 12.1 Å². The number of pyridine rings is 1. The molecule has 1 saturated heterocycles. The van der Waals surface area contributed by atoms with Crippen LogP contribution in [0.1, 0.15) is 43.0 Å². The first-order valence-electron chi connectivity index (χ1n) is 14.4. The molecule has 0 unspecified atom stereocenters. The van der Waals surface area contributed by atoms with Crippen LogP contribution in [0.25, 0.3) is 0 Å². The first-order valence-corrected chi connectivity index (χ1v) is 14.4. The third-order valence-electron chi connectivity index (χ3n) is 7.66. The highest BCUT2D eigenvalue weighted by atomic mass is 16.6. The molecule has 1 aromatic heterocycles. The number of amides is 4. The Morgan fingerprint density at radius 1 is 1.09 bits per heavy atom. The van der Waals surface area contributed by atoms with E-state index < -0.39 is 41.6 Å². The number of nitrogens with zero attached hydrogens (tertiary/aromatic N) is 5. The maximum atomic E-state index is 13.4. The summed E-state index contributed by atoms with van der Waals surface area (Å²) in [7, 11) is 1.56. The summed E-state index contributed by atoms with van der Waals surface area (Å²) in [5, 5.41) is 19.2. The van der Waals surface area contributed by atoms with Crippen molar-refractivity contribution in [2.24, 2.45) is 5.92 Å². The van der Waals surface area contributed by atoms with Gasteiger partial charge >= 0.3 is 18.1 Å². The molecule has 2 aliphatic heterocycles. The minimum absolute atomic E-state index is 0.0158. The van der Waals surface area contributed by atoms with E-state index >= 15 is 0 Å². The standard InChI is InChI=1S/C33H33N5O7/c1-33(2,3)45-32(43)37(19-20-5-8-24(44-4)9-6-20)27-17-21(11-13-35-27)16-25-28(30(40)41)38(29(25)39)31(42)36-14-12-23-15-22(18-34)7-10-26(23)36/h5-11,13,15,17,25,28H,12,14,16,19H2,1-4H3,(H,40,41)/t25-,28+/m1/s1. The van der Waals surface area contributed by atoms with E-state index in [1.165, 1.54) is 16.0 Å². The van der Waals surface area contributed by atoms with Gasteiger partial charge in [-0.15, -0.1) is 0 Å². The number of anilines is 2. The maximum absolute atomic E-state index is 13.4. The number of nitriles is 1. The average Bonchev–Trinajstić information content (AvgIpc) is 3.43. The lowest BCUT2D eigenvalue weighted by atomic mass is 9.82. The molecule has 1 N–H and O–H groups in total. The largest absolute Gasteiger partial charge is 0.497 e. The fraction of sp³-hybridized carbons (Fsp3) is 0.333. The third kappa shape index (κ3) is 6.43. The molecule has 232 valence electrons. The quantitative estimate of drug-likeness (QED) is 0.379. The molecule has 0 bridgehead atoms. The summed E-state index contributed by atoms with van der Waals surface area (Å²) in [5.74, 6) is -1.97. The van der Waals surface area contributed by atoms with Gasteiger partial charge in [0.1, 0.15) is 17.2 Å². The molecular weight excluding hydrogens is 578 g/mol. The molecule has 12 heteroatoms. The highest BCUT2D eigenvalue weighted by Gasteiger charge is 2.56. The predicted molar refractivity (Wildman–Crippen MR) is 163 cm³/mol. The monoisotopic (exact) mass is 611 g/mol. The van der Waals surface area contributed by atoms with Gasteiger partial charge < -0.3 is 14.6 Å². The third-order valence-corrected chi connectivity index (χ3v) is 7.66. The highest BCUT2D eigenvalue weighted by molar-refractivity contribution is 6.12. The van der Waals surface area contributed by atoms with Crippen LogP contribution in [0.3, 0.4) is 0 Å². The first kappa shape index (κ1) is 31.0. The Hall–Kier alpha value is -5.44. The molecule has 0 aliphatic carbocycles. The summed E-state index contributed by atoms with van der Waals surface area (Å²) in [5.41, 5.74) is 2.37. The van der Waals surface area contributed by atoms with Crippen LogP contribution in [0.4, 0.5) is 21.1 Å². The molecule has 2 aliphatic rings. The summed E-state index contributed by atoms with van der Waals surface area (Å²) in [4.78, 5) is 60.3. The number of benzene rings is 2. The molecule has 3 aromatic rings. The first-order chi connectivity index (χ1) is 21.4. The number of urea groups is 1. The number of methoxy groups -OCH3 is 1. The number of fused-ring (bicyclic) bond motifs is 1. The fourth-order valence-corrected chi connectivity index (χ4v) is 5.50. The molecule has 5 rings (SSSR count). The van der Waals surface area contributed by atoms with E-state index in [9.17, 15) is 29.5 Å². The van der Waals surface area contributed by atoms with E-state index in [1.54, 1.807) is 70.3 Å². The lowest BCUT2D eigenvalue weighted by molar-refractivity contribution is -0.165. The topological polar surface area (TPSA) is 153 Å². The smallest absolute Gasteiger partial charge is 0.416 e. The van der Waals surface area contributed by atoms with Gasteiger partial charge in [-0.2, -0.15) is 5.26 Å². The molecule has 0 radical (unpaired) electrons. The number of β-lactam (4-membered cyclic amide) rings is 1. The summed E-state index contributed by atoms with van der Waals surface area (Å²) in [6, 6.07) is 15.3. The Balaban J connectivity index is 1.36. The van der Waals surface area contributed by atoms with Gasteiger partial charge in [0.2, 0.25) is 5.91 Å². The van der Waals surface area contributed by atoms with E-state index in [4.69, 9.17) is 9.47 Å². The van der Waals surface area contributed by atoms with Crippen molar-refractivity contribution in [3.63, 3.8) is 0 Å². The van der Waals surface area contributed by atoms with E-state index in [2.05, 4.69) is 11.1 Å². The van der Waals surface area contributed by atoms with Gasteiger partial charge in [0.15, 0.2) is 6.04 Å². The normalized spacial score (nSPS) is 17.2. The minimum atomic E-state index is -1.37. The van der Waals surface area contributed by atoms with Crippen molar-refractivity contribution >= 4 is 35.5 Å². The second kappa shape index (κ2) is 12.3. The number of rotatable bonds is 7. The van der Waals surface area contributed by atoms with Crippen LogP contribution in [0.2, 0.25) is 0 Å². The van der Waals surface area contributed by atoms with E-state index in [-0.39, 0.29) is 25.3 Å². The molecule has 3 heterocycles. The number of likely N-dealkylation sites (tertiary alicyclic amines) is 1. The van der Waals surface area contributed by atoms with Crippen LogP contribution in [-0.4, -0.2) is 64.3 Å². The van der Waals surface area contributed by atoms with Gasteiger partial charge in [0.05, 0.1) is 31.2 Å². The molecule has 0 saturated carbocycles. The Morgan fingerprint density at radius 2 is 1.82 bits per heavy atom. The number of ether oxygens (including phenoxy) is 2. The Labute approximate surface area is 260 Å². The molecular formula is C33H33N5O7. The minimum Gasteiger partial charge on any atom is -0.497 e. The number of carbonyl (C=O) groups excluding carboxylic acids is 3. The molecule has 4 amide bonds. The Kier molecular flexibility index (Phi) is 8.46. The number of hydrogen-bond donors (Lipinski definition) is 1. The SMILES string of the molecule is COc1ccc(CN(C(=O)OC(C)(C)C)c2cc(C[C@H]3C(=O)N(C(=O)N4CCc5cc(C#N)ccc54)[C@@H]3C(=O)O)ccn2)cc1. The van der Waals surface area contributed by atoms with Crippen molar-refractivity contribution < 1.29 is 33.8 Å². The molecule has 1 fully saturated rings. The maximum Gasteiger partial charge on any atom is 0.416 e. The van der Waals surface area contributed by atoms with Gasteiger partial charge in [-0.3, -0.25) is 14.6 Å². The molecule has 2 aromatic carbocycles. The number of imide groups is 1. The zero-order chi connectivity index (χ0) is 32.5. The number of hydrogen-bond acceptors (Lipinski definition) is 8. The highest BCUT2D eigenvalue weighted by Crippen LogP contribution is 2.36. The lowest BCUT2D eigenvalue weighted by Gasteiger charge is -2.44. The average molecular weight is 612 g/mol. The van der Waals surface area contributed by atoms with Crippen molar-refractivity contribution in [3.8, 4) is 11.8 Å². The summed E-state index contributed by atoms with van der Waals surface area (Å²) in [6.45, 7) is 5.67. The number of aliphatic carboxylic acids is 1. The van der Waals surface area contributed by atoms with Crippen LogP contribution in [-0.2, 0) is 33.7 Å². The van der Waals surface area contributed by atoms with E-state index in [1.807, 2.05) is 12.1 Å². The Morgan fingerprint density at radius 3 is 2.47 bits per heavy atom. The number of carboxylic acids is 1. The fourth-order valence-electron chi connectivity index (χ4n) is 5.50. The summed E-state index contributed by atoms with van der Waals surface area (Å²) < 4.78 is 10.9. The second-order valence-corrected chi connectivity index (χ2v) is 11.9. The number of carboxylic acid groups (broad SMARTS) is 1. The van der Waals surface area contributed by atoms with Crippen molar-refractivity contribution in [2.75, 3.05) is 23.5 Å². The summed E-state index contributed by atoms with van der Waals surface area (Å²) in [6.07, 6.45) is 1.36. The van der Waals surface area contributed by atoms with Crippen LogP contribution in [0.15, 0.2) is 60.8 Å².